The molecule has 5 nitrogen and oxygen atoms in total. The molecule has 0 fully saturated rings. The Bertz CT molecular complexity index is 581. The standard InChI is InChI=1S/C14H21NO4S/c1-10-6-7-13(11(2)9-10)12(3)15-20(18,19)8-4-5-14(16)17/h6-7,9,12,15H,4-5,8H2,1-3H3,(H,16,17). The fourth-order valence-electron chi connectivity index (χ4n) is 2.12. The number of aliphatic carboxylic acids is 1. The van der Waals surface area contributed by atoms with Gasteiger partial charge >= 0.3 is 5.97 Å². The number of sulfonamides is 1. The molecule has 0 heterocycles. The Morgan fingerprint density at radius 2 is 2.00 bits per heavy atom. The van der Waals surface area contributed by atoms with Crippen LogP contribution >= 0.6 is 0 Å². The van der Waals surface area contributed by atoms with Crippen molar-refractivity contribution in [3.63, 3.8) is 0 Å². The molecule has 0 spiro atoms. The van der Waals surface area contributed by atoms with Crippen molar-refractivity contribution in [3.8, 4) is 0 Å². The molecule has 0 aromatic heterocycles. The van der Waals surface area contributed by atoms with Gasteiger partial charge in [0.2, 0.25) is 10.0 Å². The van der Waals surface area contributed by atoms with Gasteiger partial charge in [0.15, 0.2) is 0 Å². The average Bonchev–Trinajstić information content (AvgIpc) is 2.26. The molecule has 0 bridgehead atoms. The van der Waals surface area contributed by atoms with Gasteiger partial charge < -0.3 is 5.11 Å². The van der Waals surface area contributed by atoms with E-state index in [1.165, 1.54) is 0 Å². The number of carboxylic acids is 1. The van der Waals surface area contributed by atoms with Gasteiger partial charge in [0, 0.05) is 12.5 Å². The first-order chi connectivity index (χ1) is 9.21. The summed E-state index contributed by atoms with van der Waals surface area (Å²) in [7, 11) is -3.46. The lowest BCUT2D eigenvalue weighted by Crippen LogP contribution is -2.29. The van der Waals surface area contributed by atoms with Gasteiger partial charge in [0.25, 0.3) is 0 Å². The van der Waals surface area contributed by atoms with Crippen molar-refractivity contribution >= 4 is 16.0 Å². The lowest BCUT2D eigenvalue weighted by Gasteiger charge is -2.17. The van der Waals surface area contributed by atoms with E-state index in [1.807, 2.05) is 32.0 Å². The zero-order valence-electron chi connectivity index (χ0n) is 12.0. The Labute approximate surface area is 120 Å². The van der Waals surface area contributed by atoms with Gasteiger partial charge in [-0.15, -0.1) is 0 Å². The molecule has 0 radical (unpaired) electrons. The minimum atomic E-state index is -3.46. The van der Waals surface area contributed by atoms with Gasteiger partial charge in [0.1, 0.15) is 0 Å². The molecule has 1 aromatic carbocycles. The molecule has 112 valence electrons. The van der Waals surface area contributed by atoms with Gasteiger partial charge in [0.05, 0.1) is 5.75 Å². The van der Waals surface area contributed by atoms with Crippen LogP contribution in [0.4, 0.5) is 0 Å². The Morgan fingerprint density at radius 3 is 2.55 bits per heavy atom. The summed E-state index contributed by atoms with van der Waals surface area (Å²) < 4.78 is 26.3. The highest BCUT2D eigenvalue weighted by atomic mass is 32.2. The van der Waals surface area contributed by atoms with Crippen LogP contribution in [-0.4, -0.2) is 25.2 Å². The van der Waals surface area contributed by atoms with Crippen molar-refractivity contribution in [1.82, 2.24) is 4.72 Å². The Morgan fingerprint density at radius 1 is 1.35 bits per heavy atom. The van der Waals surface area contributed by atoms with Crippen LogP contribution in [0.3, 0.4) is 0 Å². The number of nitrogens with one attached hydrogen (secondary N) is 1. The predicted molar refractivity (Wildman–Crippen MR) is 78.1 cm³/mol. The van der Waals surface area contributed by atoms with E-state index in [1.54, 1.807) is 6.92 Å². The lowest BCUT2D eigenvalue weighted by atomic mass is 10.0. The summed E-state index contributed by atoms with van der Waals surface area (Å²) in [4.78, 5) is 10.4. The number of rotatable bonds is 7. The minimum Gasteiger partial charge on any atom is -0.481 e. The van der Waals surface area contributed by atoms with Crippen LogP contribution in [0.5, 0.6) is 0 Å². The lowest BCUT2D eigenvalue weighted by molar-refractivity contribution is -0.137. The minimum absolute atomic E-state index is 0.115. The third-order valence-electron chi connectivity index (χ3n) is 3.05. The summed E-state index contributed by atoms with van der Waals surface area (Å²) in [6.07, 6.45) is -0.0247. The zero-order chi connectivity index (χ0) is 15.3. The van der Waals surface area contributed by atoms with E-state index in [9.17, 15) is 13.2 Å². The average molecular weight is 299 g/mol. The second-order valence-electron chi connectivity index (χ2n) is 5.02. The summed E-state index contributed by atoms with van der Waals surface area (Å²) in [5.41, 5.74) is 3.09. The van der Waals surface area contributed by atoms with Gasteiger partial charge in [-0.3, -0.25) is 4.79 Å². The molecule has 1 atom stereocenters. The Hall–Kier alpha value is -1.40. The number of carbonyl (C=O) groups is 1. The van der Waals surface area contributed by atoms with Crippen molar-refractivity contribution < 1.29 is 18.3 Å². The van der Waals surface area contributed by atoms with Gasteiger partial charge in [-0.05, 0) is 38.3 Å². The molecule has 0 aliphatic rings. The molecule has 1 rings (SSSR count). The number of hydrogen-bond acceptors (Lipinski definition) is 3. The largest absolute Gasteiger partial charge is 0.481 e. The molecule has 0 saturated carbocycles. The SMILES string of the molecule is Cc1ccc(C(C)NS(=O)(=O)CCCC(=O)O)c(C)c1. The van der Waals surface area contributed by atoms with E-state index in [4.69, 9.17) is 5.11 Å². The third-order valence-corrected chi connectivity index (χ3v) is 4.59. The summed E-state index contributed by atoms with van der Waals surface area (Å²) in [5, 5.41) is 8.52. The molecule has 0 aliphatic heterocycles. The van der Waals surface area contributed by atoms with Gasteiger partial charge in [-0.2, -0.15) is 0 Å². The van der Waals surface area contributed by atoms with Crippen molar-refractivity contribution in [1.29, 1.82) is 0 Å². The van der Waals surface area contributed by atoms with Crippen molar-refractivity contribution in [2.45, 2.75) is 39.7 Å². The van der Waals surface area contributed by atoms with Crippen molar-refractivity contribution in [3.05, 3.63) is 34.9 Å². The second-order valence-corrected chi connectivity index (χ2v) is 6.89. The van der Waals surface area contributed by atoms with Crippen molar-refractivity contribution in [2.75, 3.05) is 5.75 Å². The fraction of sp³-hybridized carbons (Fsp3) is 0.500. The Kier molecular flexibility index (Phi) is 5.71. The molecule has 1 aromatic rings. The number of aryl methyl sites for hydroxylation is 2. The topological polar surface area (TPSA) is 83.5 Å². The first kappa shape index (κ1) is 16.7. The molecular formula is C14H21NO4S. The number of carboxylic acid groups (broad SMARTS) is 1. The summed E-state index contributed by atoms with van der Waals surface area (Å²) in [5.74, 6) is -1.16. The van der Waals surface area contributed by atoms with Crippen LogP contribution in [0.2, 0.25) is 0 Å². The maximum atomic E-state index is 11.9. The smallest absolute Gasteiger partial charge is 0.303 e. The summed E-state index contributed by atoms with van der Waals surface area (Å²) in [6.45, 7) is 5.71. The monoisotopic (exact) mass is 299 g/mol. The van der Waals surface area contributed by atoms with E-state index in [0.717, 1.165) is 16.7 Å². The van der Waals surface area contributed by atoms with Crippen LogP contribution in [0.15, 0.2) is 18.2 Å². The molecule has 0 aliphatic carbocycles. The Balaban J connectivity index is 2.69. The summed E-state index contributed by atoms with van der Waals surface area (Å²) >= 11 is 0. The maximum absolute atomic E-state index is 11.9. The molecule has 6 heteroatoms. The molecule has 0 amide bonds. The van der Waals surface area contributed by atoms with Crippen LogP contribution in [0, 0.1) is 13.8 Å². The molecular weight excluding hydrogens is 278 g/mol. The highest BCUT2D eigenvalue weighted by Crippen LogP contribution is 2.19. The first-order valence-electron chi connectivity index (χ1n) is 6.50. The maximum Gasteiger partial charge on any atom is 0.303 e. The quantitative estimate of drug-likeness (QED) is 0.808. The second kappa shape index (κ2) is 6.85. The normalized spacial score (nSPS) is 13.2. The van der Waals surface area contributed by atoms with E-state index < -0.39 is 16.0 Å². The third kappa shape index (κ3) is 5.30. The molecule has 1 unspecified atom stereocenters. The van der Waals surface area contributed by atoms with Gasteiger partial charge in [-0.25, -0.2) is 13.1 Å². The predicted octanol–water partition coefficient (Wildman–Crippen LogP) is 2.15. The van der Waals surface area contributed by atoms with Crippen LogP contribution in [-0.2, 0) is 14.8 Å². The highest BCUT2D eigenvalue weighted by molar-refractivity contribution is 7.89. The number of benzene rings is 1. The highest BCUT2D eigenvalue weighted by Gasteiger charge is 2.17. The summed E-state index contributed by atoms with van der Waals surface area (Å²) in [6, 6.07) is 5.53. The first-order valence-corrected chi connectivity index (χ1v) is 8.15. The fourth-order valence-corrected chi connectivity index (χ4v) is 3.42. The molecule has 2 N–H and O–H groups in total. The van der Waals surface area contributed by atoms with Crippen LogP contribution < -0.4 is 4.72 Å². The van der Waals surface area contributed by atoms with E-state index in [2.05, 4.69) is 4.72 Å². The van der Waals surface area contributed by atoms with Crippen LogP contribution in [0.25, 0.3) is 0 Å². The zero-order valence-corrected chi connectivity index (χ0v) is 12.8. The van der Waals surface area contributed by atoms with Crippen molar-refractivity contribution in [2.24, 2.45) is 0 Å². The van der Waals surface area contributed by atoms with Crippen LogP contribution in [0.1, 0.15) is 42.5 Å². The molecule has 0 saturated heterocycles. The van der Waals surface area contributed by atoms with E-state index in [-0.39, 0.29) is 24.6 Å². The van der Waals surface area contributed by atoms with E-state index >= 15 is 0 Å². The van der Waals surface area contributed by atoms with Gasteiger partial charge in [-0.1, -0.05) is 23.8 Å². The number of hydrogen-bond donors (Lipinski definition) is 2. The van der Waals surface area contributed by atoms with E-state index in [0.29, 0.717) is 0 Å². The molecule has 20 heavy (non-hydrogen) atoms.